The Bertz CT molecular complexity index is 1130. The number of carbonyl (C=O) groups excluding carboxylic acids is 1. The van der Waals surface area contributed by atoms with E-state index in [-0.39, 0.29) is 42.8 Å². The van der Waals surface area contributed by atoms with Gasteiger partial charge in [0.05, 0.1) is 30.8 Å². The fourth-order valence-electron chi connectivity index (χ4n) is 5.11. The predicted octanol–water partition coefficient (Wildman–Crippen LogP) is 1.44. The highest BCUT2D eigenvalue weighted by molar-refractivity contribution is 6.11. The molecule has 5 rings (SSSR count). The van der Waals surface area contributed by atoms with E-state index in [9.17, 15) is 14.3 Å². The minimum Gasteiger partial charge on any atom is -0.481 e. The van der Waals surface area contributed by atoms with Gasteiger partial charge in [-0.3, -0.25) is 9.79 Å². The number of aromatic nitrogens is 1. The summed E-state index contributed by atoms with van der Waals surface area (Å²) < 4.78 is 25.3. The van der Waals surface area contributed by atoms with Gasteiger partial charge in [-0.15, -0.1) is 0 Å². The van der Waals surface area contributed by atoms with Gasteiger partial charge in [0.1, 0.15) is 5.83 Å². The van der Waals surface area contributed by atoms with Gasteiger partial charge in [0.25, 0.3) is 5.91 Å². The molecule has 1 amide bonds. The average molecular weight is 499 g/mol. The molecule has 1 saturated heterocycles. The average Bonchev–Trinajstić information content (AvgIpc) is 3.29. The molecule has 0 radical (unpaired) electrons. The number of carbonyl (C=O) groups is 1. The molecule has 11 heteroatoms. The number of amides is 1. The third-order valence-electron chi connectivity index (χ3n) is 7.05. The first-order valence-corrected chi connectivity index (χ1v) is 12.3. The third kappa shape index (κ3) is 5.32. The highest BCUT2D eigenvalue weighted by Crippen LogP contribution is 2.29. The number of anilines is 1. The van der Waals surface area contributed by atoms with Crippen LogP contribution in [0.25, 0.3) is 0 Å². The number of nitrogens with zero attached hydrogens (tertiary/aromatic N) is 4. The van der Waals surface area contributed by atoms with Crippen molar-refractivity contribution < 1.29 is 23.8 Å². The number of likely N-dealkylation sites (tertiary alicyclic amines) is 1. The Hall–Kier alpha value is -3.15. The van der Waals surface area contributed by atoms with Crippen LogP contribution in [-0.2, 0) is 16.1 Å². The van der Waals surface area contributed by atoms with Gasteiger partial charge in [-0.2, -0.15) is 0 Å². The van der Waals surface area contributed by atoms with E-state index in [1.54, 1.807) is 7.11 Å². The molecule has 3 N–H and O–H groups in total. The number of methoxy groups -OCH3 is 1. The molecule has 4 aliphatic heterocycles. The largest absolute Gasteiger partial charge is 0.481 e. The van der Waals surface area contributed by atoms with Gasteiger partial charge in [0.15, 0.2) is 18.2 Å². The van der Waals surface area contributed by atoms with Crippen molar-refractivity contribution in [2.75, 3.05) is 51.8 Å². The summed E-state index contributed by atoms with van der Waals surface area (Å²) >= 11 is 0. The van der Waals surface area contributed by atoms with E-state index in [4.69, 9.17) is 9.47 Å². The zero-order valence-corrected chi connectivity index (χ0v) is 20.2. The van der Waals surface area contributed by atoms with E-state index in [1.807, 2.05) is 18.2 Å². The normalized spacial score (nSPS) is 25.5. The topological polar surface area (TPSA) is 121 Å². The fraction of sp³-hybridized carbons (Fsp3) is 0.520. The summed E-state index contributed by atoms with van der Waals surface area (Å²) in [6.45, 7) is 3.59. The first-order valence-electron chi connectivity index (χ1n) is 12.3. The van der Waals surface area contributed by atoms with Crippen molar-refractivity contribution in [3.63, 3.8) is 0 Å². The summed E-state index contributed by atoms with van der Waals surface area (Å²) in [5.41, 5.74) is 2.04. The van der Waals surface area contributed by atoms with Gasteiger partial charge >= 0.3 is 0 Å². The van der Waals surface area contributed by atoms with Crippen molar-refractivity contribution in [1.29, 1.82) is 0 Å². The van der Waals surface area contributed by atoms with Crippen LogP contribution in [0, 0.1) is 11.8 Å². The van der Waals surface area contributed by atoms with Gasteiger partial charge in [0, 0.05) is 38.4 Å². The number of ether oxygens (including phenoxy) is 2. The number of halogens is 1. The van der Waals surface area contributed by atoms with Crippen molar-refractivity contribution in [2.45, 2.75) is 25.4 Å². The van der Waals surface area contributed by atoms with Crippen LogP contribution in [0.3, 0.4) is 0 Å². The number of rotatable bonds is 9. The number of aliphatic hydroxyl groups excluding tert-OH is 1. The van der Waals surface area contributed by atoms with E-state index < -0.39 is 0 Å². The number of hydrogen-bond donors (Lipinski definition) is 3. The Balaban J connectivity index is 1.14. The van der Waals surface area contributed by atoms with Gasteiger partial charge < -0.3 is 30.1 Å². The fourth-order valence-corrected chi connectivity index (χ4v) is 5.11. The number of aliphatic imine (C=N–C) groups is 2. The molecule has 5 heterocycles. The van der Waals surface area contributed by atoms with Gasteiger partial charge in [-0.1, -0.05) is 0 Å². The molecule has 0 aliphatic carbocycles. The molecular formula is C25H31FN6O4. The second-order valence-electron chi connectivity index (χ2n) is 9.43. The van der Waals surface area contributed by atoms with Crippen molar-refractivity contribution >= 4 is 23.7 Å². The number of nitrogens with one attached hydrogen (secondary N) is 2. The SMILES string of the molecule is COC1=CCC2N=CC(F)=C(CCN3C[C@@H](CNCc4ccc5c(n4)NC(=O)CO5)[C@@H](CO)C3)C2=N1. The number of fused-ring (bicyclic) bond motifs is 2. The molecule has 1 fully saturated rings. The van der Waals surface area contributed by atoms with Gasteiger partial charge in [-0.25, -0.2) is 14.4 Å². The van der Waals surface area contributed by atoms with E-state index in [2.05, 4.69) is 30.5 Å². The zero-order valence-electron chi connectivity index (χ0n) is 20.2. The number of aliphatic hydroxyl groups is 1. The second kappa shape index (κ2) is 10.9. The maximum Gasteiger partial charge on any atom is 0.263 e. The Morgan fingerprint density at radius 1 is 1.33 bits per heavy atom. The molecule has 36 heavy (non-hydrogen) atoms. The summed E-state index contributed by atoms with van der Waals surface area (Å²) in [6.07, 6.45) is 4.36. The highest BCUT2D eigenvalue weighted by atomic mass is 19.1. The summed E-state index contributed by atoms with van der Waals surface area (Å²) in [5.74, 6) is 1.35. The Kier molecular flexibility index (Phi) is 7.40. The van der Waals surface area contributed by atoms with E-state index in [1.165, 1.54) is 6.21 Å². The first-order chi connectivity index (χ1) is 17.5. The quantitative estimate of drug-likeness (QED) is 0.471. The van der Waals surface area contributed by atoms with Crippen molar-refractivity contribution in [3.05, 3.63) is 41.2 Å². The molecule has 0 aromatic carbocycles. The molecular weight excluding hydrogens is 467 g/mol. The first kappa shape index (κ1) is 24.5. The minimum absolute atomic E-state index is 0.00442. The summed E-state index contributed by atoms with van der Waals surface area (Å²) in [7, 11) is 1.56. The molecule has 1 unspecified atom stereocenters. The van der Waals surface area contributed by atoms with Gasteiger partial charge in [0.2, 0.25) is 5.88 Å². The smallest absolute Gasteiger partial charge is 0.263 e. The molecule has 1 aromatic rings. The second-order valence-corrected chi connectivity index (χ2v) is 9.43. The van der Waals surface area contributed by atoms with Crippen molar-refractivity contribution in [3.8, 4) is 5.75 Å². The number of allylic oxidation sites excluding steroid dienone is 1. The highest BCUT2D eigenvalue weighted by Gasteiger charge is 2.33. The van der Waals surface area contributed by atoms with E-state index in [0.29, 0.717) is 61.2 Å². The Morgan fingerprint density at radius 2 is 2.19 bits per heavy atom. The number of dihydropyridines is 1. The number of pyridine rings is 1. The van der Waals surface area contributed by atoms with Crippen LogP contribution in [0.15, 0.2) is 45.5 Å². The van der Waals surface area contributed by atoms with Crippen LogP contribution >= 0.6 is 0 Å². The van der Waals surface area contributed by atoms with Crippen molar-refractivity contribution in [1.82, 2.24) is 15.2 Å². The third-order valence-corrected chi connectivity index (χ3v) is 7.05. The maximum absolute atomic E-state index is 14.7. The van der Waals surface area contributed by atoms with Crippen LogP contribution in [0.2, 0.25) is 0 Å². The van der Waals surface area contributed by atoms with Crippen LogP contribution in [-0.4, -0.2) is 85.4 Å². The van der Waals surface area contributed by atoms with Crippen LogP contribution < -0.4 is 15.4 Å². The van der Waals surface area contributed by atoms with Crippen molar-refractivity contribution in [2.24, 2.45) is 21.8 Å². The van der Waals surface area contributed by atoms with E-state index in [0.717, 1.165) is 18.8 Å². The van der Waals surface area contributed by atoms with Crippen LogP contribution in [0.5, 0.6) is 5.75 Å². The predicted molar refractivity (Wildman–Crippen MR) is 133 cm³/mol. The van der Waals surface area contributed by atoms with Gasteiger partial charge in [-0.05, 0) is 49.4 Å². The standard InChI is InChI=1S/C25H31FN6O4/c1-35-23-5-3-20-24(31-23)18(19(26)10-28-20)6-7-32-11-15(16(12-32)13-33)8-27-9-17-2-4-21-25(29-17)30-22(34)14-36-21/h2,4-5,10,15-16,20,27,33H,3,6-9,11-14H2,1H3,(H,29,30,34)/t15-,16-,20?/m1/s1. The molecule has 192 valence electrons. The van der Waals surface area contributed by atoms with Crippen LogP contribution in [0.1, 0.15) is 18.5 Å². The molecule has 4 aliphatic rings. The minimum atomic E-state index is -0.336. The lowest BCUT2D eigenvalue weighted by molar-refractivity contribution is -0.118. The lowest BCUT2D eigenvalue weighted by atomic mass is 9.94. The van der Waals surface area contributed by atoms with Crippen LogP contribution in [0.4, 0.5) is 10.2 Å². The summed E-state index contributed by atoms with van der Waals surface area (Å²) in [4.78, 5) is 27.0. The molecule has 3 atom stereocenters. The monoisotopic (exact) mass is 498 g/mol. The van der Waals surface area contributed by atoms with E-state index >= 15 is 0 Å². The summed E-state index contributed by atoms with van der Waals surface area (Å²) in [5, 5.41) is 16.1. The molecule has 10 nitrogen and oxygen atoms in total. The molecule has 0 spiro atoms. The number of hydrogen-bond acceptors (Lipinski definition) is 9. The zero-order chi connectivity index (χ0) is 25.1. The molecule has 0 saturated carbocycles. The maximum atomic E-state index is 14.7. The summed E-state index contributed by atoms with van der Waals surface area (Å²) in [6, 6.07) is 3.52. The Morgan fingerprint density at radius 3 is 3.03 bits per heavy atom. The molecule has 0 bridgehead atoms. The molecule has 1 aromatic heterocycles. The lowest BCUT2D eigenvalue weighted by Crippen LogP contribution is -2.31. The Labute approximate surface area is 209 Å². The lowest BCUT2D eigenvalue weighted by Gasteiger charge is -2.25.